The smallest absolute Gasteiger partial charge is 0.225 e. The molecule has 1 amide bonds. The molecule has 0 spiro atoms. The number of amides is 1. The number of carbonyl (C=O) groups excluding carboxylic acids is 1. The van der Waals surface area contributed by atoms with Gasteiger partial charge in [0.2, 0.25) is 15.9 Å². The SMILES string of the molecule is COCCCN(CCC(=O)Nc1ccc(C#N)cc1)S(C)(=O)=O. The Morgan fingerprint density at radius 3 is 2.48 bits per heavy atom. The third kappa shape index (κ3) is 7.23. The Bertz CT molecular complexity index is 650. The molecule has 1 aromatic carbocycles. The molecule has 126 valence electrons. The van der Waals surface area contributed by atoms with Gasteiger partial charge in [-0.3, -0.25) is 4.79 Å². The molecule has 0 aliphatic heterocycles. The number of nitrogens with one attached hydrogen (secondary N) is 1. The molecule has 1 aromatic rings. The summed E-state index contributed by atoms with van der Waals surface area (Å²) in [6.07, 6.45) is 1.75. The van der Waals surface area contributed by atoms with Gasteiger partial charge in [0, 0.05) is 38.9 Å². The maximum absolute atomic E-state index is 11.9. The molecule has 1 N–H and O–H groups in total. The number of benzene rings is 1. The summed E-state index contributed by atoms with van der Waals surface area (Å²) in [5.74, 6) is -0.282. The number of ether oxygens (including phenoxy) is 1. The van der Waals surface area contributed by atoms with Gasteiger partial charge in [-0.15, -0.1) is 0 Å². The van der Waals surface area contributed by atoms with Crippen LogP contribution in [0, 0.1) is 11.3 Å². The van der Waals surface area contributed by atoms with Crippen LogP contribution in [0.1, 0.15) is 18.4 Å². The molecule has 0 aliphatic carbocycles. The molecule has 0 aliphatic rings. The highest BCUT2D eigenvalue weighted by atomic mass is 32.2. The largest absolute Gasteiger partial charge is 0.385 e. The van der Waals surface area contributed by atoms with Gasteiger partial charge < -0.3 is 10.1 Å². The summed E-state index contributed by atoms with van der Waals surface area (Å²) in [6.45, 7) is 0.894. The zero-order valence-electron chi connectivity index (χ0n) is 13.3. The first-order chi connectivity index (χ1) is 10.9. The number of sulfonamides is 1. The van der Waals surface area contributed by atoms with E-state index < -0.39 is 10.0 Å². The van der Waals surface area contributed by atoms with E-state index in [0.717, 1.165) is 6.26 Å². The maximum atomic E-state index is 11.9. The summed E-state index contributed by atoms with van der Waals surface area (Å²) in [5, 5.41) is 11.4. The third-order valence-electron chi connectivity index (χ3n) is 3.11. The Labute approximate surface area is 136 Å². The number of nitrogens with zero attached hydrogens (tertiary/aromatic N) is 2. The van der Waals surface area contributed by atoms with E-state index in [9.17, 15) is 13.2 Å². The number of anilines is 1. The fourth-order valence-electron chi connectivity index (χ4n) is 1.91. The molecule has 0 saturated heterocycles. The lowest BCUT2D eigenvalue weighted by Crippen LogP contribution is -2.34. The topological polar surface area (TPSA) is 99.5 Å². The minimum Gasteiger partial charge on any atom is -0.385 e. The minimum atomic E-state index is -3.36. The molecule has 1 rings (SSSR count). The van der Waals surface area contributed by atoms with Crippen LogP contribution in [0.25, 0.3) is 0 Å². The Morgan fingerprint density at radius 2 is 1.96 bits per heavy atom. The predicted octanol–water partition coefficient (Wildman–Crippen LogP) is 1.18. The van der Waals surface area contributed by atoms with E-state index in [-0.39, 0.29) is 18.9 Å². The van der Waals surface area contributed by atoms with Crippen LogP contribution in [0.5, 0.6) is 0 Å². The molecule has 0 heterocycles. The van der Waals surface area contributed by atoms with E-state index >= 15 is 0 Å². The van der Waals surface area contributed by atoms with Gasteiger partial charge >= 0.3 is 0 Å². The number of hydrogen-bond acceptors (Lipinski definition) is 5. The average Bonchev–Trinajstić information content (AvgIpc) is 2.50. The summed E-state index contributed by atoms with van der Waals surface area (Å²) in [4.78, 5) is 11.9. The van der Waals surface area contributed by atoms with Crippen molar-refractivity contribution in [3.63, 3.8) is 0 Å². The van der Waals surface area contributed by atoms with E-state index in [2.05, 4.69) is 5.32 Å². The molecular weight excluding hydrogens is 318 g/mol. The van der Waals surface area contributed by atoms with Gasteiger partial charge in [-0.1, -0.05) is 0 Å². The van der Waals surface area contributed by atoms with Crippen molar-refractivity contribution in [3.8, 4) is 6.07 Å². The molecule has 0 saturated carbocycles. The molecule has 0 radical (unpaired) electrons. The summed E-state index contributed by atoms with van der Waals surface area (Å²) >= 11 is 0. The Balaban J connectivity index is 2.52. The fraction of sp³-hybridized carbons (Fsp3) is 0.467. The molecule has 8 heteroatoms. The number of hydrogen-bond donors (Lipinski definition) is 1. The van der Waals surface area contributed by atoms with Gasteiger partial charge in [0.25, 0.3) is 0 Å². The minimum absolute atomic E-state index is 0.0556. The van der Waals surface area contributed by atoms with Crippen LogP contribution in [-0.4, -0.2) is 51.7 Å². The second kappa shape index (κ2) is 9.25. The first kappa shape index (κ1) is 19.1. The lowest BCUT2D eigenvalue weighted by atomic mass is 10.2. The zero-order valence-corrected chi connectivity index (χ0v) is 14.1. The second-order valence-electron chi connectivity index (χ2n) is 5.00. The van der Waals surface area contributed by atoms with Crippen molar-refractivity contribution in [1.29, 1.82) is 5.26 Å². The average molecular weight is 339 g/mol. The fourth-order valence-corrected chi connectivity index (χ4v) is 2.79. The number of carbonyl (C=O) groups is 1. The normalized spacial score (nSPS) is 11.2. The Hall–Kier alpha value is -1.95. The van der Waals surface area contributed by atoms with Crippen LogP contribution in [-0.2, 0) is 19.6 Å². The standard InChI is InChI=1S/C15H21N3O4S/c1-22-11-3-9-18(23(2,20)21)10-8-15(19)17-14-6-4-13(12-16)5-7-14/h4-7H,3,8-11H2,1-2H3,(H,17,19). The van der Waals surface area contributed by atoms with Gasteiger partial charge in [0.15, 0.2) is 0 Å². The maximum Gasteiger partial charge on any atom is 0.225 e. The van der Waals surface area contributed by atoms with Crippen molar-refractivity contribution >= 4 is 21.6 Å². The van der Waals surface area contributed by atoms with E-state index in [1.165, 1.54) is 4.31 Å². The Kier molecular flexibility index (Phi) is 7.68. The van der Waals surface area contributed by atoms with Crippen molar-refractivity contribution in [3.05, 3.63) is 29.8 Å². The quantitative estimate of drug-likeness (QED) is 0.681. The van der Waals surface area contributed by atoms with Crippen molar-refractivity contribution in [2.45, 2.75) is 12.8 Å². The summed E-state index contributed by atoms with van der Waals surface area (Å²) in [6, 6.07) is 8.45. The van der Waals surface area contributed by atoms with Crippen LogP contribution in [0.3, 0.4) is 0 Å². The summed E-state index contributed by atoms with van der Waals surface area (Å²) in [7, 11) is -1.81. The van der Waals surface area contributed by atoms with Gasteiger partial charge in [0.1, 0.15) is 0 Å². The predicted molar refractivity (Wildman–Crippen MR) is 87.3 cm³/mol. The van der Waals surface area contributed by atoms with Crippen molar-refractivity contribution in [2.75, 3.05) is 38.4 Å². The lowest BCUT2D eigenvalue weighted by Gasteiger charge is -2.19. The van der Waals surface area contributed by atoms with E-state index in [1.54, 1.807) is 31.4 Å². The first-order valence-corrected chi connectivity index (χ1v) is 8.95. The highest BCUT2D eigenvalue weighted by molar-refractivity contribution is 7.88. The molecule has 0 atom stereocenters. The zero-order chi connectivity index (χ0) is 17.3. The van der Waals surface area contributed by atoms with Gasteiger partial charge in [-0.25, -0.2) is 12.7 Å². The molecule has 0 aromatic heterocycles. The van der Waals surface area contributed by atoms with Crippen molar-refractivity contribution < 1.29 is 17.9 Å². The number of rotatable bonds is 9. The molecule has 0 bridgehead atoms. The van der Waals surface area contributed by atoms with Gasteiger partial charge in [-0.05, 0) is 30.7 Å². The highest BCUT2D eigenvalue weighted by Gasteiger charge is 2.17. The monoisotopic (exact) mass is 339 g/mol. The lowest BCUT2D eigenvalue weighted by molar-refractivity contribution is -0.116. The van der Waals surface area contributed by atoms with E-state index in [4.69, 9.17) is 10.00 Å². The van der Waals surface area contributed by atoms with E-state index in [1.807, 2.05) is 6.07 Å². The molecule has 0 unspecified atom stereocenters. The van der Waals surface area contributed by atoms with Gasteiger partial charge in [0.05, 0.1) is 17.9 Å². The molecular formula is C15H21N3O4S. The highest BCUT2D eigenvalue weighted by Crippen LogP contribution is 2.10. The van der Waals surface area contributed by atoms with Crippen molar-refractivity contribution in [2.24, 2.45) is 0 Å². The first-order valence-electron chi connectivity index (χ1n) is 7.11. The van der Waals surface area contributed by atoms with Crippen molar-refractivity contribution in [1.82, 2.24) is 4.31 Å². The van der Waals surface area contributed by atoms with Crippen LogP contribution in [0.15, 0.2) is 24.3 Å². The van der Waals surface area contributed by atoms with Crippen LogP contribution in [0.2, 0.25) is 0 Å². The number of nitriles is 1. The van der Waals surface area contributed by atoms with E-state index in [0.29, 0.717) is 30.8 Å². The Morgan fingerprint density at radius 1 is 1.30 bits per heavy atom. The second-order valence-corrected chi connectivity index (χ2v) is 6.98. The third-order valence-corrected chi connectivity index (χ3v) is 4.41. The number of methoxy groups -OCH3 is 1. The van der Waals surface area contributed by atoms with Crippen LogP contribution >= 0.6 is 0 Å². The molecule has 23 heavy (non-hydrogen) atoms. The molecule has 0 fully saturated rings. The van der Waals surface area contributed by atoms with Crippen LogP contribution < -0.4 is 5.32 Å². The van der Waals surface area contributed by atoms with Gasteiger partial charge in [-0.2, -0.15) is 5.26 Å². The summed E-state index contributed by atoms with van der Waals surface area (Å²) in [5.41, 5.74) is 1.07. The van der Waals surface area contributed by atoms with Crippen LogP contribution in [0.4, 0.5) is 5.69 Å². The summed E-state index contributed by atoms with van der Waals surface area (Å²) < 4.78 is 29.6. The molecule has 7 nitrogen and oxygen atoms in total.